The number of benzene rings is 2. The topological polar surface area (TPSA) is 52.6 Å². The molecular formula is C29H31ClF3N5O. The standard InChI is InChI=1S/C29H31ClF3N5O/c1-19-15-38(24-13-34-18-35-14-24)17-22-12-21(3-4-25(19)22)27(39)11-20-9-23(16-37-7-5-36(2)6-8-37)28(30)26(10-20)29(31,32)33/h3-4,9-10,12-14,18-19H,5-8,11,15-17H2,1-2H3. The summed E-state index contributed by atoms with van der Waals surface area (Å²) < 4.78 is 41.7. The molecule has 0 bridgehead atoms. The van der Waals surface area contributed by atoms with Crippen molar-refractivity contribution in [2.45, 2.75) is 38.5 Å². The summed E-state index contributed by atoms with van der Waals surface area (Å²) in [6.45, 7) is 7.02. The van der Waals surface area contributed by atoms with Crippen molar-refractivity contribution in [3.63, 3.8) is 0 Å². The monoisotopic (exact) mass is 557 g/mol. The average molecular weight is 558 g/mol. The first-order valence-corrected chi connectivity index (χ1v) is 13.4. The van der Waals surface area contributed by atoms with E-state index in [1.54, 1.807) is 24.5 Å². The summed E-state index contributed by atoms with van der Waals surface area (Å²) in [6, 6.07) is 8.30. The summed E-state index contributed by atoms with van der Waals surface area (Å²) in [5, 5.41) is -0.287. The van der Waals surface area contributed by atoms with Crippen molar-refractivity contribution < 1.29 is 18.0 Å². The normalized spacial score (nSPS) is 18.7. The van der Waals surface area contributed by atoms with Gasteiger partial charge in [0.2, 0.25) is 0 Å². The number of Topliss-reactive ketones (excluding diaryl/α,β-unsaturated/α-hetero) is 1. The van der Waals surface area contributed by atoms with E-state index in [4.69, 9.17) is 11.6 Å². The van der Waals surface area contributed by atoms with Gasteiger partial charge in [-0.15, -0.1) is 0 Å². The molecule has 0 spiro atoms. The van der Waals surface area contributed by atoms with Crippen LogP contribution in [-0.4, -0.2) is 65.3 Å². The van der Waals surface area contributed by atoms with Crippen molar-refractivity contribution in [1.82, 2.24) is 19.8 Å². The maximum absolute atomic E-state index is 13.9. The highest BCUT2D eigenvalue weighted by atomic mass is 35.5. The Balaban J connectivity index is 1.39. The van der Waals surface area contributed by atoms with E-state index < -0.39 is 11.7 Å². The quantitative estimate of drug-likeness (QED) is 0.376. The highest BCUT2D eigenvalue weighted by molar-refractivity contribution is 6.32. The van der Waals surface area contributed by atoms with Crippen LogP contribution in [0.15, 0.2) is 49.1 Å². The molecule has 2 aliphatic heterocycles. The fourth-order valence-electron chi connectivity index (χ4n) is 5.46. The number of hydrogen-bond donors (Lipinski definition) is 0. The van der Waals surface area contributed by atoms with Gasteiger partial charge in [0, 0.05) is 57.8 Å². The van der Waals surface area contributed by atoms with Gasteiger partial charge in [0.25, 0.3) is 0 Å². The van der Waals surface area contributed by atoms with Crippen molar-refractivity contribution >= 4 is 23.1 Å². The SMILES string of the molecule is CC1CN(c2cncnc2)Cc2cc(C(=O)Cc3cc(CN4CCN(C)CC4)c(Cl)c(C(F)(F)F)c3)ccc21. The number of hydrogen-bond acceptors (Lipinski definition) is 6. The second-order valence-corrected chi connectivity index (χ2v) is 11.0. The third kappa shape index (κ3) is 6.26. The molecule has 3 heterocycles. The van der Waals surface area contributed by atoms with Crippen molar-refractivity contribution in [2.75, 3.05) is 44.7 Å². The third-order valence-electron chi connectivity index (χ3n) is 7.63. The Morgan fingerprint density at radius 3 is 2.49 bits per heavy atom. The minimum atomic E-state index is -4.61. The summed E-state index contributed by atoms with van der Waals surface area (Å²) >= 11 is 6.27. The Kier molecular flexibility index (Phi) is 7.94. The lowest BCUT2D eigenvalue weighted by atomic mass is 9.88. The van der Waals surface area contributed by atoms with Gasteiger partial charge in [-0.05, 0) is 47.4 Å². The zero-order valence-corrected chi connectivity index (χ0v) is 22.8. The second kappa shape index (κ2) is 11.2. The van der Waals surface area contributed by atoms with E-state index in [1.165, 1.54) is 11.9 Å². The van der Waals surface area contributed by atoms with Crippen LogP contribution < -0.4 is 4.90 Å². The lowest BCUT2D eigenvalue weighted by Gasteiger charge is -2.34. The first kappa shape index (κ1) is 27.6. The van der Waals surface area contributed by atoms with E-state index in [9.17, 15) is 18.0 Å². The van der Waals surface area contributed by atoms with Crippen molar-refractivity contribution in [2.24, 2.45) is 0 Å². The molecule has 5 rings (SSSR count). The van der Waals surface area contributed by atoms with E-state index >= 15 is 0 Å². The van der Waals surface area contributed by atoms with E-state index in [0.717, 1.165) is 50.0 Å². The molecule has 0 saturated carbocycles. The molecule has 0 N–H and O–H groups in total. The molecule has 6 nitrogen and oxygen atoms in total. The number of ketones is 1. The van der Waals surface area contributed by atoms with E-state index in [1.807, 2.05) is 19.2 Å². The molecule has 1 fully saturated rings. The van der Waals surface area contributed by atoms with Gasteiger partial charge < -0.3 is 9.80 Å². The number of halogens is 4. The molecule has 0 aliphatic carbocycles. The Hall–Kier alpha value is -3.01. The van der Waals surface area contributed by atoms with Crippen molar-refractivity contribution in [1.29, 1.82) is 0 Å². The van der Waals surface area contributed by atoms with Gasteiger partial charge in [-0.25, -0.2) is 9.97 Å². The number of carbonyl (C=O) groups excluding carboxylic acids is 1. The molecule has 10 heteroatoms. The van der Waals surface area contributed by atoms with Gasteiger partial charge in [-0.3, -0.25) is 9.69 Å². The van der Waals surface area contributed by atoms with Crippen molar-refractivity contribution in [3.8, 4) is 0 Å². The summed E-state index contributed by atoms with van der Waals surface area (Å²) in [5.74, 6) is 0.00691. The Morgan fingerprint density at radius 2 is 1.79 bits per heavy atom. The van der Waals surface area contributed by atoms with Crippen LogP contribution in [0.4, 0.5) is 18.9 Å². The summed E-state index contributed by atoms with van der Waals surface area (Å²) in [6.07, 6.45) is 0.260. The minimum Gasteiger partial charge on any atom is -0.364 e. The van der Waals surface area contributed by atoms with Crippen LogP contribution >= 0.6 is 11.6 Å². The Labute approximate surface area is 231 Å². The molecule has 1 aromatic heterocycles. The molecule has 39 heavy (non-hydrogen) atoms. The number of aromatic nitrogens is 2. The van der Waals surface area contributed by atoms with Crippen LogP contribution in [-0.2, 0) is 25.7 Å². The molecule has 1 atom stereocenters. The maximum Gasteiger partial charge on any atom is 0.417 e. The lowest BCUT2D eigenvalue weighted by molar-refractivity contribution is -0.137. The number of fused-ring (bicyclic) bond motifs is 1. The number of anilines is 1. The number of rotatable bonds is 6. The molecule has 2 aliphatic rings. The number of likely N-dealkylation sites (N-methyl/N-ethyl adjacent to an activating group) is 1. The highest BCUT2D eigenvalue weighted by Gasteiger charge is 2.35. The van der Waals surface area contributed by atoms with Gasteiger partial charge >= 0.3 is 6.18 Å². The van der Waals surface area contributed by atoms with E-state index in [0.29, 0.717) is 29.8 Å². The van der Waals surface area contributed by atoms with Gasteiger partial charge in [-0.1, -0.05) is 36.7 Å². The predicted octanol–water partition coefficient (Wildman–Crippen LogP) is 5.45. The summed E-state index contributed by atoms with van der Waals surface area (Å²) in [7, 11) is 2.02. The highest BCUT2D eigenvalue weighted by Crippen LogP contribution is 2.38. The van der Waals surface area contributed by atoms with Gasteiger partial charge in [0.15, 0.2) is 5.78 Å². The lowest BCUT2D eigenvalue weighted by Crippen LogP contribution is -2.43. The van der Waals surface area contributed by atoms with Crippen LogP contribution in [0, 0.1) is 0 Å². The number of alkyl halides is 3. The second-order valence-electron chi connectivity index (χ2n) is 10.6. The van der Waals surface area contributed by atoms with Gasteiger partial charge in [0.1, 0.15) is 6.33 Å². The van der Waals surface area contributed by atoms with Crippen LogP contribution in [0.2, 0.25) is 5.02 Å². The molecule has 0 amide bonds. The maximum atomic E-state index is 13.9. The van der Waals surface area contributed by atoms with E-state index in [-0.39, 0.29) is 23.1 Å². The molecular weight excluding hydrogens is 527 g/mol. The fraction of sp³-hybridized carbons (Fsp3) is 0.414. The van der Waals surface area contributed by atoms with Crippen LogP contribution in [0.3, 0.4) is 0 Å². The smallest absolute Gasteiger partial charge is 0.364 e. The zero-order chi connectivity index (χ0) is 27.7. The number of piperazine rings is 1. The molecule has 206 valence electrons. The summed E-state index contributed by atoms with van der Waals surface area (Å²) in [4.78, 5) is 28.0. The fourth-order valence-corrected chi connectivity index (χ4v) is 5.73. The largest absolute Gasteiger partial charge is 0.417 e. The molecule has 0 radical (unpaired) electrons. The molecule has 1 unspecified atom stereocenters. The summed E-state index contributed by atoms with van der Waals surface area (Å²) in [5.41, 5.74) is 3.40. The van der Waals surface area contributed by atoms with Gasteiger partial charge in [-0.2, -0.15) is 13.2 Å². The van der Waals surface area contributed by atoms with Gasteiger partial charge in [0.05, 0.1) is 28.7 Å². The minimum absolute atomic E-state index is 0.138. The van der Waals surface area contributed by atoms with E-state index in [2.05, 4.69) is 31.6 Å². The first-order chi connectivity index (χ1) is 18.6. The van der Waals surface area contributed by atoms with Crippen LogP contribution in [0.25, 0.3) is 0 Å². The molecule has 1 saturated heterocycles. The average Bonchev–Trinajstić information content (AvgIpc) is 2.91. The zero-order valence-electron chi connectivity index (χ0n) is 22.0. The molecule has 2 aromatic carbocycles. The third-order valence-corrected chi connectivity index (χ3v) is 8.08. The molecule has 3 aromatic rings. The number of carbonyl (C=O) groups is 1. The number of nitrogens with zero attached hydrogens (tertiary/aromatic N) is 5. The van der Waals surface area contributed by atoms with Crippen LogP contribution in [0.1, 0.15) is 51.0 Å². The Morgan fingerprint density at radius 1 is 1.08 bits per heavy atom. The van der Waals surface area contributed by atoms with Crippen LogP contribution in [0.5, 0.6) is 0 Å². The van der Waals surface area contributed by atoms with Crippen molar-refractivity contribution in [3.05, 3.63) is 87.5 Å². The predicted molar refractivity (Wildman–Crippen MR) is 145 cm³/mol. The first-order valence-electron chi connectivity index (χ1n) is 13.0. The Bertz CT molecular complexity index is 1340.